The number of sulfone groups is 1. The number of carbonyl (C=O) groups excluding carboxylic acids is 2. The number of hydrogen-bond acceptors (Lipinski definition) is 6. The maximum absolute atomic E-state index is 12.8. The highest BCUT2D eigenvalue weighted by Crippen LogP contribution is 2.34. The molecule has 4 rings (SSSR count). The van der Waals surface area contributed by atoms with E-state index < -0.39 is 21.9 Å². The van der Waals surface area contributed by atoms with Crippen molar-refractivity contribution in [2.75, 3.05) is 24.6 Å². The van der Waals surface area contributed by atoms with E-state index in [2.05, 4.69) is 4.98 Å². The third-order valence-corrected chi connectivity index (χ3v) is 7.98. The van der Waals surface area contributed by atoms with Gasteiger partial charge < -0.3 is 9.80 Å². The van der Waals surface area contributed by atoms with Crippen molar-refractivity contribution >= 4 is 33.0 Å². The Balaban J connectivity index is 1.60. The van der Waals surface area contributed by atoms with Gasteiger partial charge in [0, 0.05) is 24.4 Å². The molecule has 25 heavy (non-hydrogen) atoms. The minimum Gasteiger partial charge on any atom is -0.335 e. The smallest absolute Gasteiger partial charge is 0.273 e. The van der Waals surface area contributed by atoms with Crippen LogP contribution in [0.5, 0.6) is 0 Å². The Morgan fingerprint density at radius 1 is 1.16 bits per heavy atom. The van der Waals surface area contributed by atoms with Gasteiger partial charge in [0.25, 0.3) is 5.91 Å². The standard InChI is InChI=1S/C16H21N3O4S2/c1-10-17-12(7-24-10)16(21)19-6-5-18(15(20)11-3-2-4-11)13-8-25(22,23)9-14(13)19/h7,11,13-14H,2-6,8-9H2,1H3/t13-,14+/m1/s1. The zero-order valence-electron chi connectivity index (χ0n) is 14.1. The Hall–Kier alpha value is -1.48. The second-order valence-corrected chi connectivity index (χ2v) is 10.3. The van der Waals surface area contributed by atoms with Crippen LogP contribution in [-0.4, -0.2) is 71.7 Å². The second-order valence-electron chi connectivity index (χ2n) is 7.12. The quantitative estimate of drug-likeness (QED) is 0.750. The van der Waals surface area contributed by atoms with Crippen molar-refractivity contribution in [2.24, 2.45) is 5.92 Å². The molecule has 0 spiro atoms. The molecule has 3 heterocycles. The molecule has 7 nitrogen and oxygen atoms in total. The number of fused-ring (bicyclic) bond motifs is 1. The maximum Gasteiger partial charge on any atom is 0.273 e. The van der Waals surface area contributed by atoms with Gasteiger partial charge in [-0.05, 0) is 19.8 Å². The van der Waals surface area contributed by atoms with E-state index in [9.17, 15) is 18.0 Å². The zero-order valence-corrected chi connectivity index (χ0v) is 15.7. The van der Waals surface area contributed by atoms with Crippen LogP contribution >= 0.6 is 11.3 Å². The normalized spacial score (nSPS) is 28.5. The minimum atomic E-state index is -3.26. The lowest BCUT2D eigenvalue weighted by Gasteiger charge is -2.45. The summed E-state index contributed by atoms with van der Waals surface area (Å²) in [7, 11) is -3.26. The zero-order chi connectivity index (χ0) is 17.8. The molecule has 0 N–H and O–H groups in total. The molecular weight excluding hydrogens is 362 g/mol. The van der Waals surface area contributed by atoms with Crippen molar-refractivity contribution < 1.29 is 18.0 Å². The molecule has 1 saturated carbocycles. The van der Waals surface area contributed by atoms with E-state index in [0.717, 1.165) is 24.3 Å². The molecule has 136 valence electrons. The fourth-order valence-corrected chi connectivity index (χ4v) is 6.55. The van der Waals surface area contributed by atoms with Gasteiger partial charge in [0.1, 0.15) is 5.69 Å². The van der Waals surface area contributed by atoms with Crippen molar-refractivity contribution in [1.29, 1.82) is 0 Å². The van der Waals surface area contributed by atoms with Crippen molar-refractivity contribution in [3.05, 3.63) is 16.1 Å². The first-order chi connectivity index (χ1) is 11.9. The SMILES string of the molecule is Cc1nc(C(=O)N2CCN(C(=O)C3CCC3)[C@@H]3CS(=O)(=O)C[C@@H]32)cs1. The van der Waals surface area contributed by atoms with Crippen LogP contribution in [-0.2, 0) is 14.6 Å². The first kappa shape index (κ1) is 17.0. The molecule has 0 radical (unpaired) electrons. The highest BCUT2D eigenvalue weighted by atomic mass is 32.2. The maximum atomic E-state index is 12.8. The van der Waals surface area contributed by atoms with E-state index in [0.29, 0.717) is 18.8 Å². The van der Waals surface area contributed by atoms with E-state index in [-0.39, 0.29) is 29.2 Å². The number of carbonyl (C=O) groups is 2. The van der Waals surface area contributed by atoms with Crippen LogP contribution in [0.15, 0.2) is 5.38 Å². The van der Waals surface area contributed by atoms with Gasteiger partial charge >= 0.3 is 0 Å². The summed E-state index contributed by atoms with van der Waals surface area (Å²) in [5.41, 5.74) is 0.365. The van der Waals surface area contributed by atoms with Crippen molar-refractivity contribution in [2.45, 2.75) is 38.3 Å². The summed E-state index contributed by atoms with van der Waals surface area (Å²) in [6.07, 6.45) is 2.84. The van der Waals surface area contributed by atoms with E-state index >= 15 is 0 Å². The summed E-state index contributed by atoms with van der Waals surface area (Å²) in [5.74, 6) is -0.244. The topological polar surface area (TPSA) is 87.7 Å². The van der Waals surface area contributed by atoms with Gasteiger partial charge in [-0.3, -0.25) is 9.59 Å². The Kier molecular flexibility index (Phi) is 4.10. The Bertz CT molecular complexity index is 815. The van der Waals surface area contributed by atoms with E-state index in [4.69, 9.17) is 0 Å². The summed E-state index contributed by atoms with van der Waals surface area (Å²) < 4.78 is 24.5. The number of aryl methyl sites for hydroxylation is 1. The molecule has 0 unspecified atom stereocenters. The molecule has 3 aliphatic rings. The van der Waals surface area contributed by atoms with Gasteiger partial charge in [-0.25, -0.2) is 13.4 Å². The molecule has 1 aliphatic carbocycles. The van der Waals surface area contributed by atoms with Crippen LogP contribution in [0.2, 0.25) is 0 Å². The first-order valence-corrected chi connectivity index (χ1v) is 11.3. The van der Waals surface area contributed by atoms with Crippen LogP contribution in [0.25, 0.3) is 0 Å². The van der Waals surface area contributed by atoms with Crippen LogP contribution in [0.1, 0.15) is 34.8 Å². The number of thiazole rings is 1. The first-order valence-electron chi connectivity index (χ1n) is 8.60. The molecule has 2 aliphatic heterocycles. The number of amides is 2. The van der Waals surface area contributed by atoms with Gasteiger partial charge in [0.15, 0.2) is 9.84 Å². The third kappa shape index (κ3) is 2.97. The fraction of sp³-hybridized carbons (Fsp3) is 0.688. The molecule has 3 fully saturated rings. The Morgan fingerprint density at radius 2 is 1.80 bits per heavy atom. The Labute approximate surface area is 150 Å². The summed E-state index contributed by atoms with van der Waals surface area (Å²) in [4.78, 5) is 33.1. The predicted molar refractivity (Wildman–Crippen MR) is 93.2 cm³/mol. The predicted octanol–water partition coefficient (Wildman–Crippen LogP) is 0.702. The molecule has 9 heteroatoms. The summed E-state index contributed by atoms with van der Waals surface area (Å²) in [6, 6.07) is -0.882. The fourth-order valence-electron chi connectivity index (χ4n) is 3.98. The monoisotopic (exact) mass is 383 g/mol. The minimum absolute atomic E-state index is 0.0346. The number of hydrogen-bond donors (Lipinski definition) is 0. The van der Waals surface area contributed by atoms with Crippen molar-refractivity contribution in [1.82, 2.24) is 14.8 Å². The number of piperazine rings is 1. The highest BCUT2D eigenvalue weighted by molar-refractivity contribution is 7.91. The lowest BCUT2D eigenvalue weighted by molar-refractivity contribution is -0.143. The average molecular weight is 383 g/mol. The Morgan fingerprint density at radius 3 is 2.36 bits per heavy atom. The molecule has 2 saturated heterocycles. The highest BCUT2D eigenvalue weighted by Gasteiger charge is 2.50. The van der Waals surface area contributed by atoms with E-state index in [1.807, 2.05) is 6.92 Å². The molecule has 0 aromatic carbocycles. The second kappa shape index (κ2) is 6.05. The van der Waals surface area contributed by atoms with Crippen LogP contribution in [0.4, 0.5) is 0 Å². The van der Waals surface area contributed by atoms with E-state index in [1.165, 1.54) is 11.3 Å². The molecular formula is C16H21N3O4S2. The average Bonchev–Trinajstić information content (AvgIpc) is 3.05. The van der Waals surface area contributed by atoms with Crippen LogP contribution < -0.4 is 0 Å². The van der Waals surface area contributed by atoms with Crippen molar-refractivity contribution in [3.8, 4) is 0 Å². The lowest BCUT2D eigenvalue weighted by atomic mass is 9.83. The van der Waals surface area contributed by atoms with E-state index in [1.54, 1.807) is 15.2 Å². The van der Waals surface area contributed by atoms with Gasteiger partial charge in [0.05, 0.1) is 28.6 Å². The van der Waals surface area contributed by atoms with Gasteiger partial charge in [0.2, 0.25) is 5.91 Å². The molecule has 2 atom stereocenters. The largest absolute Gasteiger partial charge is 0.335 e. The molecule has 2 amide bonds. The summed E-state index contributed by atoms with van der Waals surface area (Å²) in [6.45, 7) is 2.60. The molecule has 0 bridgehead atoms. The van der Waals surface area contributed by atoms with Gasteiger partial charge in [-0.1, -0.05) is 6.42 Å². The third-order valence-electron chi connectivity index (χ3n) is 5.51. The lowest BCUT2D eigenvalue weighted by Crippen LogP contribution is -2.63. The van der Waals surface area contributed by atoms with Crippen LogP contribution in [0, 0.1) is 12.8 Å². The number of rotatable bonds is 2. The van der Waals surface area contributed by atoms with Crippen LogP contribution in [0.3, 0.4) is 0 Å². The molecule has 1 aromatic rings. The van der Waals surface area contributed by atoms with Gasteiger partial charge in [-0.15, -0.1) is 11.3 Å². The van der Waals surface area contributed by atoms with Gasteiger partial charge in [-0.2, -0.15) is 0 Å². The summed E-state index contributed by atoms with van der Waals surface area (Å²) in [5, 5.41) is 2.51. The van der Waals surface area contributed by atoms with Crippen molar-refractivity contribution in [3.63, 3.8) is 0 Å². The number of nitrogens with zero attached hydrogens (tertiary/aromatic N) is 3. The molecule has 1 aromatic heterocycles. The number of aromatic nitrogens is 1. The summed E-state index contributed by atoms with van der Waals surface area (Å²) >= 11 is 1.40.